The van der Waals surface area contributed by atoms with Crippen LogP contribution in [0.15, 0.2) is 66.9 Å². The summed E-state index contributed by atoms with van der Waals surface area (Å²) < 4.78 is 64.8. The van der Waals surface area contributed by atoms with Crippen molar-refractivity contribution in [1.82, 2.24) is 25.4 Å². The molecule has 7 atom stereocenters. The molecule has 18 heteroatoms. The SMILES string of the molecule is C[C@H]1CN(C(=O)[C@@H]2N[C@@H](CC(C)(C)C)[C@@]3(CNc4cc(C(F)(F)F)ncc43)[C@H]2c2cccc(Cl)c2F)c2ccc(C(=O)N3CCC[C@@H](CC#Cc4cccc5c4CN([C@H]4CCC(=O)NC4=O)C5=O)C3)cc2O1. The van der Waals surface area contributed by atoms with Gasteiger partial charge in [0.1, 0.15) is 29.4 Å². The molecule has 1 aromatic heterocycles. The number of carbonyl (C=O) groups excluding carboxylic acids is 5. The third-order valence-electron chi connectivity index (χ3n) is 15.1. The number of ether oxygens (including phenoxy) is 1. The zero-order valence-electron chi connectivity index (χ0n) is 40.2. The van der Waals surface area contributed by atoms with Crippen molar-refractivity contribution in [2.24, 2.45) is 11.3 Å². The largest absolute Gasteiger partial charge is 0.487 e. The summed E-state index contributed by atoms with van der Waals surface area (Å²) in [6.45, 7) is 9.32. The second-order valence-corrected chi connectivity index (χ2v) is 21.6. The van der Waals surface area contributed by atoms with Gasteiger partial charge in [0.05, 0.1) is 23.3 Å². The van der Waals surface area contributed by atoms with Crippen molar-refractivity contribution in [2.45, 2.75) is 115 Å². The predicted octanol–water partition coefficient (Wildman–Crippen LogP) is 7.99. The molecule has 3 N–H and O–H groups in total. The fraction of sp³-hybridized carbons (Fsp3) is 0.444. The summed E-state index contributed by atoms with van der Waals surface area (Å²) in [6.07, 6.45) is -1.01. The summed E-state index contributed by atoms with van der Waals surface area (Å²) in [4.78, 5) is 76.1. The molecule has 3 fully saturated rings. The number of imide groups is 1. The Bertz CT molecular complexity index is 2990. The lowest BCUT2D eigenvalue weighted by Crippen LogP contribution is -2.52. The summed E-state index contributed by atoms with van der Waals surface area (Å²) in [5.41, 5.74) is 0.943. The van der Waals surface area contributed by atoms with E-state index in [-0.39, 0.29) is 77.8 Å². The van der Waals surface area contributed by atoms with Crippen LogP contribution in [0.3, 0.4) is 0 Å². The van der Waals surface area contributed by atoms with Gasteiger partial charge in [0.25, 0.3) is 11.8 Å². The predicted molar refractivity (Wildman–Crippen MR) is 260 cm³/mol. The molecule has 0 unspecified atom stereocenters. The number of nitrogens with zero attached hydrogens (tertiary/aromatic N) is 4. The van der Waals surface area contributed by atoms with Crippen molar-refractivity contribution in [3.05, 3.63) is 117 Å². The maximum atomic E-state index is 16.5. The number of hydrogen-bond donors (Lipinski definition) is 3. The van der Waals surface area contributed by atoms with E-state index in [4.69, 9.17) is 16.3 Å². The first-order chi connectivity index (χ1) is 34.2. The van der Waals surface area contributed by atoms with Crippen molar-refractivity contribution < 1.29 is 46.3 Å². The van der Waals surface area contributed by atoms with E-state index in [1.807, 2.05) is 33.8 Å². The Morgan fingerprint density at radius 3 is 2.57 bits per heavy atom. The van der Waals surface area contributed by atoms with Gasteiger partial charge in [0.15, 0.2) is 0 Å². The summed E-state index contributed by atoms with van der Waals surface area (Å²) in [5, 5.41) is 8.96. The maximum absolute atomic E-state index is 16.5. The van der Waals surface area contributed by atoms with Gasteiger partial charge in [-0.2, -0.15) is 13.2 Å². The first kappa shape index (κ1) is 49.1. The molecule has 6 aliphatic heterocycles. The molecule has 0 aliphatic carbocycles. The lowest BCUT2D eigenvalue weighted by atomic mass is 9.63. The monoisotopic (exact) mass is 1010 g/mol. The Kier molecular flexibility index (Phi) is 12.6. The number of nitrogens with one attached hydrogen (secondary N) is 3. The van der Waals surface area contributed by atoms with E-state index in [2.05, 4.69) is 32.8 Å². The average Bonchev–Trinajstić information content (AvgIpc) is 3.99. The fourth-order valence-electron chi connectivity index (χ4n) is 11.9. The Morgan fingerprint density at radius 2 is 1.81 bits per heavy atom. The molecule has 3 aromatic carbocycles. The summed E-state index contributed by atoms with van der Waals surface area (Å²) in [7, 11) is 0. The van der Waals surface area contributed by atoms with Crippen molar-refractivity contribution >= 4 is 52.5 Å². The molecule has 13 nitrogen and oxygen atoms in total. The standard InChI is InChI=1S/C54H54ClF4N7O6/c1-29-25-65(51(71)47-45(34-14-7-15-37(55)46(34)56)53(43(62-47)23-52(2,3)4)28-61-38-22-42(54(57,58)59)60-24-36(38)53)39-17-16-32(21-41(39)72-29)49(69)64-20-8-10-30(26-64)9-5-11-31-12-6-13-33-35(31)27-66(50(33)70)40-18-19-44(67)63-48(40)68/h6-7,12-17,21-22,24,29-30,40,43,45,47,61-62H,8-10,18-20,23,25-28H2,1-4H3,(H,63,67,68)/t29-,30+,40-,43-,45-,47+,53-/m0/s1. The van der Waals surface area contributed by atoms with Gasteiger partial charge in [0, 0.05) is 90.5 Å². The number of likely N-dealkylation sites (tertiary alicyclic amines) is 1. The molecular formula is C54H54ClF4N7O6. The summed E-state index contributed by atoms with van der Waals surface area (Å²) in [6, 6.07) is 13.5. The minimum Gasteiger partial charge on any atom is -0.487 e. The van der Waals surface area contributed by atoms with E-state index in [1.165, 1.54) is 17.2 Å². The van der Waals surface area contributed by atoms with E-state index in [0.29, 0.717) is 59.6 Å². The number of pyridine rings is 1. The quantitative estimate of drug-likeness (QED) is 0.0992. The smallest absolute Gasteiger partial charge is 0.433 e. The van der Waals surface area contributed by atoms with Crippen LogP contribution in [0.1, 0.15) is 121 Å². The number of alkyl halides is 3. The highest BCUT2D eigenvalue weighted by molar-refractivity contribution is 6.30. The Labute approximate surface area is 419 Å². The summed E-state index contributed by atoms with van der Waals surface area (Å²) in [5.74, 6) is 3.53. The molecule has 5 amide bonds. The minimum atomic E-state index is -4.71. The molecule has 0 bridgehead atoms. The number of piperidine rings is 2. The molecule has 4 aromatic rings. The van der Waals surface area contributed by atoms with Gasteiger partial charge in [-0.15, -0.1) is 0 Å². The van der Waals surface area contributed by atoms with Crippen molar-refractivity contribution in [3.63, 3.8) is 0 Å². The first-order valence-corrected chi connectivity index (χ1v) is 24.8. The molecule has 6 aliphatic rings. The topological polar surface area (TPSA) is 153 Å². The number of aromatic nitrogens is 1. The zero-order chi connectivity index (χ0) is 51.0. The van der Waals surface area contributed by atoms with Crippen LogP contribution in [-0.4, -0.2) is 94.7 Å². The number of fused-ring (bicyclic) bond motifs is 4. The molecule has 72 heavy (non-hydrogen) atoms. The van der Waals surface area contributed by atoms with E-state index in [0.717, 1.165) is 24.5 Å². The van der Waals surface area contributed by atoms with Gasteiger partial charge in [-0.1, -0.05) is 62.4 Å². The number of carbonyl (C=O) groups is 5. The number of amides is 5. The van der Waals surface area contributed by atoms with Crippen LogP contribution in [0, 0.1) is 29.0 Å². The number of benzene rings is 3. The van der Waals surface area contributed by atoms with Gasteiger partial charge in [-0.25, -0.2) is 4.39 Å². The first-order valence-electron chi connectivity index (χ1n) is 24.4. The van der Waals surface area contributed by atoms with E-state index < -0.39 is 65.1 Å². The lowest BCUT2D eigenvalue weighted by Gasteiger charge is -2.40. The Balaban J connectivity index is 0.892. The Morgan fingerprint density at radius 1 is 1.01 bits per heavy atom. The molecular weight excluding hydrogens is 954 g/mol. The molecule has 1 spiro atoms. The van der Waals surface area contributed by atoms with Crippen LogP contribution in [0.25, 0.3) is 0 Å². The van der Waals surface area contributed by atoms with Crippen LogP contribution in [0.4, 0.5) is 28.9 Å². The lowest BCUT2D eigenvalue weighted by molar-refractivity contribution is -0.141. The number of halogens is 5. The van der Waals surface area contributed by atoms with Gasteiger partial charge in [-0.3, -0.25) is 34.3 Å². The third kappa shape index (κ3) is 8.84. The number of anilines is 2. The highest BCUT2D eigenvalue weighted by Crippen LogP contribution is 2.57. The second kappa shape index (κ2) is 18.5. The van der Waals surface area contributed by atoms with Crippen LogP contribution >= 0.6 is 11.6 Å². The Hall–Kier alpha value is -6.51. The highest BCUT2D eigenvalue weighted by atomic mass is 35.5. The van der Waals surface area contributed by atoms with Crippen LogP contribution < -0.4 is 25.6 Å². The van der Waals surface area contributed by atoms with Crippen LogP contribution in [0.5, 0.6) is 5.75 Å². The van der Waals surface area contributed by atoms with Crippen LogP contribution in [-0.2, 0) is 32.5 Å². The zero-order valence-corrected chi connectivity index (χ0v) is 41.0. The molecule has 0 saturated carbocycles. The van der Waals surface area contributed by atoms with Gasteiger partial charge in [0.2, 0.25) is 17.7 Å². The fourth-order valence-corrected chi connectivity index (χ4v) is 12.0. The summed E-state index contributed by atoms with van der Waals surface area (Å²) >= 11 is 6.44. The molecule has 10 rings (SSSR count). The molecule has 3 saturated heterocycles. The van der Waals surface area contributed by atoms with E-state index in [1.54, 1.807) is 52.3 Å². The number of rotatable bonds is 6. The van der Waals surface area contributed by atoms with Gasteiger partial charge in [-0.05, 0) is 97.5 Å². The van der Waals surface area contributed by atoms with Crippen molar-refractivity contribution in [2.75, 3.05) is 36.4 Å². The third-order valence-corrected chi connectivity index (χ3v) is 15.4. The van der Waals surface area contributed by atoms with E-state index in [9.17, 15) is 32.3 Å². The normalized spacial score (nSPS) is 25.8. The maximum Gasteiger partial charge on any atom is 0.433 e. The van der Waals surface area contributed by atoms with Gasteiger partial charge >= 0.3 is 6.18 Å². The average molecular weight is 1010 g/mol. The van der Waals surface area contributed by atoms with Crippen LogP contribution in [0.2, 0.25) is 5.02 Å². The minimum absolute atomic E-state index is 0.0710. The van der Waals surface area contributed by atoms with Crippen molar-refractivity contribution in [3.8, 4) is 17.6 Å². The molecule has 7 heterocycles. The number of hydrogen-bond acceptors (Lipinski definition) is 9. The molecule has 0 radical (unpaired) electrons. The van der Waals surface area contributed by atoms with Crippen molar-refractivity contribution in [1.29, 1.82) is 0 Å². The van der Waals surface area contributed by atoms with Gasteiger partial charge < -0.3 is 30.1 Å². The highest BCUT2D eigenvalue weighted by Gasteiger charge is 2.63. The molecule has 376 valence electrons. The van der Waals surface area contributed by atoms with E-state index >= 15 is 9.18 Å². The second-order valence-electron chi connectivity index (χ2n) is 21.1.